The molecule has 1 rings (SSSR count). The Morgan fingerprint density at radius 1 is 1.43 bits per heavy atom. The van der Waals surface area contributed by atoms with Crippen molar-refractivity contribution in [1.29, 1.82) is 0 Å². The molecule has 14 heavy (non-hydrogen) atoms. The number of carbonyl (C=O) groups excluding carboxylic acids is 1. The van der Waals surface area contributed by atoms with Gasteiger partial charge in [0.2, 0.25) is 0 Å². The molecule has 0 saturated heterocycles. The zero-order valence-electron chi connectivity index (χ0n) is 7.77. The van der Waals surface area contributed by atoms with E-state index in [9.17, 15) is 9.90 Å². The van der Waals surface area contributed by atoms with Crippen LogP contribution >= 0.6 is 0 Å². The minimum atomic E-state index is -0.846. The first-order valence-electron chi connectivity index (χ1n) is 4.11. The van der Waals surface area contributed by atoms with Crippen LogP contribution in [0.15, 0.2) is 35.3 Å². The van der Waals surface area contributed by atoms with Crippen molar-refractivity contribution in [3.63, 3.8) is 0 Å². The van der Waals surface area contributed by atoms with Crippen LogP contribution in [0.4, 0.5) is 4.79 Å². The van der Waals surface area contributed by atoms with E-state index in [0.717, 1.165) is 5.56 Å². The SMILES string of the molecule is C/C([O-])=N/C(=O)OCc1ccccc1. The van der Waals surface area contributed by atoms with E-state index >= 15 is 0 Å². The normalized spacial score (nSPS) is 11.1. The molecule has 0 atom stereocenters. The molecule has 0 N–H and O–H groups in total. The smallest absolute Gasteiger partial charge is 0.432 e. The standard InChI is InChI=1S/C10H11NO3/c1-8(12)11-10(13)14-7-9-5-3-2-4-6-9/h2-6H,7H2,1H3,(H,11,12,13)/p-1. The lowest BCUT2D eigenvalue weighted by Crippen LogP contribution is -2.15. The summed E-state index contributed by atoms with van der Waals surface area (Å²) in [5, 5.41) is 10.4. The van der Waals surface area contributed by atoms with Gasteiger partial charge in [-0.3, -0.25) is 0 Å². The van der Waals surface area contributed by atoms with Gasteiger partial charge in [-0.25, -0.2) is 4.79 Å². The molecule has 1 aromatic rings. The summed E-state index contributed by atoms with van der Waals surface area (Å²) in [5.74, 6) is -0.553. The fourth-order valence-electron chi connectivity index (χ4n) is 0.880. The van der Waals surface area contributed by atoms with Gasteiger partial charge < -0.3 is 9.84 Å². The highest BCUT2D eigenvalue weighted by Gasteiger charge is 1.98. The molecule has 0 aliphatic carbocycles. The molecule has 0 radical (unpaired) electrons. The van der Waals surface area contributed by atoms with Gasteiger partial charge >= 0.3 is 6.09 Å². The minimum absolute atomic E-state index is 0.135. The van der Waals surface area contributed by atoms with Crippen LogP contribution in [0, 0.1) is 0 Å². The molecule has 0 unspecified atom stereocenters. The number of ether oxygens (including phenoxy) is 1. The Kier molecular flexibility index (Phi) is 3.67. The summed E-state index contributed by atoms with van der Waals surface area (Å²) in [4.78, 5) is 13.9. The third kappa shape index (κ3) is 3.71. The molecule has 0 aliphatic heterocycles. The van der Waals surface area contributed by atoms with Crippen molar-refractivity contribution in [1.82, 2.24) is 0 Å². The number of hydrogen-bond donors (Lipinski definition) is 0. The number of carbonyl (C=O) groups is 1. The van der Waals surface area contributed by atoms with E-state index in [0.29, 0.717) is 0 Å². The van der Waals surface area contributed by atoms with E-state index in [1.165, 1.54) is 6.92 Å². The molecule has 0 fully saturated rings. The number of aliphatic imine (C=N–C) groups is 1. The number of amides is 1. The predicted octanol–water partition coefficient (Wildman–Crippen LogP) is 1.10. The van der Waals surface area contributed by atoms with Crippen molar-refractivity contribution in [3.8, 4) is 0 Å². The van der Waals surface area contributed by atoms with Crippen LogP contribution in [0.3, 0.4) is 0 Å². The third-order valence-electron chi connectivity index (χ3n) is 1.45. The lowest BCUT2D eigenvalue weighted by atomic mass is 10.2. The van der Waals surface area contributed by atoms with Crippen molar-refractivity contribution in [2.45, 2.75) is 13.5 Å². The van der Waals surface area contributed by atoms with Crippen molar-refractivity contribution < 1.29 is 14.6 Å². The number of rotatable bonds is 2. The molecule has 0 aromatic heterocycles. The van der Waals surface area contributed by atoms with Crippen molar-refractivity contribution in [2.24, 2.45) is 4.99 Å². The van der Waals surface area contributed by atoms with Gasteiger partial charge in [0, 0.05) is 0 Å². The Balaban J connectivity index is 2.42. The second-order valence-corrected chi connectivity index (χ2v) is 2.67. The summed E-state index contributed by atoms with van der Waals surface area (Å²) in [6, 6.07) is 9.18. The Bertz CT molecular complexity index is 328. The molecule has 0 saturated carbocycles. The van der Waals surface area contributed by atoms with E-state index in [1.807, 2.05) is 30.3 Å². The van der Waals surface area contributed by atoms with Crippen LogP contribution in [-0.2, 0) is 11.3 Å². The molecule has 0 spiro atoms. The molecule has 74 valence electrons. The van der Waals surface area contributed by atoms with Crippen molar-refractivity contribution >= 4 is 12.0 Å². The second-order valence-electron chi connectivity index (χ2n) is 2.67. The Hall–Kier alpha value is -1.84. The van der Waals surface area contributed by atoms with Crippen LogP contribution in [0.5, 0.6) is 0 Å². The summed E-state index contributed by atoms with van der Waals surface area (Å²) < 4.78 is 4.71. The summed E-state index contributed by atoms with van der Waals surface area (Å²) in [6.45, 7) is 1.33. The molecule has 0 bridgehead atoms. The van der Waals surface area contributed by atoms with Gasteiger partial charge in [-0.05, 0) is 18.4 Å². The lowest BCUT2D eigenvalue weighted by Gasteiger charge is -2.03. The van der Waals surface area contributed by atoms with Gasteiger partial charge in [0.15, 0.2) is 0 Å². The monoisotopic (exact) mass is 192 g/mol. The van der Waals surface area contributed by atoms with Gasteiger partial charge in [-0.15, -0.1) is 0 Å². The van der Waals surface area contributed by atoms with Crippen LogP contribution in [0.25, 0.3) is 0 Å². The lowest BCUT2D eigenvalue weighted by molar-refractivity contribution is -0.215. The van der Waals surface area contributed by atoms with Gasteiger partial charge in [0.05, 0.1) is 0 Å². The van der Waals surface area contributed by atoms with Gasteiger partial charge in [-0.1, -0.05) is 30.3 Å². The van der Waals surface area contributed by atoms with Crippen LogP contribution in [0.1, 0.15) is 12.5 Å². The second kappa shape index (κ2) is 5.01. The molecular formula is C10H10NO3-. The average Bonchev–Trinajstić information content (AvgIpc) is 2.15. The number of nitrogens with zero attached hydrogens (tertiary/aromatic N) is 1. The zero-order chi connectivity index (χ0) is 10.4. The highest BCUT2D eigenvalue weighted by molar-refractivity contribution is 5.83. The minimum Gasteiger partial charge on any atom is -0.862 e. The van der Waals surface area contributed by atoms with E-state index < -0.39 is 12.0 Å². The summed E-state index contributed by atoms with van der Waals surface area (Å²) in [5.41, 5.74) is 0.861. The van der Waals surface area contributed by atoms with E-state index in [4.69, 9.17) is 4.74 Å². The van der Waals surface area contributed by atoms with E-state index in [2.05, 4.69) is 4.99 Å². The Labute approximate surface area is 81.9 Å². The first-order chi connectivity index (χ1) is 6.68. The molecule has 0 aliphatic rings. The number of hydrogen-bond acceptors (Lipinski definition) is 3. The average molecular weight is 192 g/mol. The zero-order valence-corrected chi connectivity index (χ0v) is 7.77. The molecule has 1 aromatic carbocycles. The molecule has 0 heterocycles. The predicted molar refractivity (Wildman–Crippen MR) is 49.7 cm³/mol. The Morgan fingerprint density at radius 3 is 2.64 bits per heavy atom. The van der Waals surface area contributed by atoms with Gasteiger partial charge in [0.25, 0.3) is 0 Å². The van der Waals surface area contributed by atoms with Crippen LogP contribution < -0.4 is 5.11 Å². The first kappa shape index (κ1) is 10.2. The van der Waals surface area contributed by atoms with E-state index in [-0.39, 0.29) is 6.61 Å². The maximum absolute atomic E-state index is 10.8. The van der Waals surface area contributed by atoms with Gasteiger partial charge in [0.1, 0.15) is 6.61 Å². The summed E-state index contributed by atoms with van der Waals surface area (Å²) >= 11 is 0. The maximum Gasteiger partial charge on any atom is 0.432 e. The molecule has 1 amide bonds. The topological polar surface area (TPSA) is 61.7 Å². The summed E-state index contributed by atoms with van der Waals surface area (Å²) in [7, 11) is 0. The van der Waals surface area contributed by atoms with Crippen LogP contribution in [-0.4, -0.2) is 12.0 Å². The Morgan fingerprint density at radius 2 is 2.07 bits per heavy atom. The first-order valence-corrected chi connectivity index (χ1v) is 4.11. The molecule has 4 nitrogen and oxygen atoms in total. The quantitative estimate of drug-likeness (QED) is 0.520. The van der Waals surface area contributed by atoms with E-state index in [1.54, 1.807) is 0 Å². The van der Waals surface area contributed by atoms with Crippen molar-refractivity contribution in [3.05, 3.63) is 35.9 Å². The fraction of sp³-hybridized carbons (Fsp3) is 0.200. The van der Waals surface area contributed by atoms with Gasteiger partial charge in [-0.2, -0.15) is 4.99 Å². The highest BCUT2D eigenvalue weighted by Crippen LogP contribution is 2.01. The highest BCUT2D eigenvalue weighted by atomic mass is 16.5. The van der Waals surface area contributed by atoms with Crippen LogP contribution in [0.2, 0.25) is 0 Å². The maximum atomic E-state index is 10.8. The van der Waals surface area contributed by atoms with Crippen molar-refractivity contribution in [2.75, 3.05) is 0 Å². The number of benzene rings is 1. The molecular weight excluding hydrogens is 182 g/mol. The fourth-order valence-corrected chi connectivity index (χ4v) is 0.880. The summed E-state index contributed by atoms with van der Waals surface area (Å²) in [6.07, 6.45) is -0.846. The third-order valence-corrected chi connectivity index (χ3v) is 1.45. The largest absolute Gasteiger partial charge is 0.862 e. The molecule has 4 heteroatoms.